The van der Waals surface area contributed by atoms with Gasteiger partial charge >= 0.3 is 6.18 Å². The van der Waals surface area contributed by atoms with Crippen LogP contribution in [0.1, 0.15) is 5.56 Å². The van der Waals surface area contributed by atoms with Crippen LogP contribution >= 0.6 is 11.3 Å². The molecule has 0 saturated heterocycles. The van der Waals surface area contributed by atoms with E-state index >= 15 is 0 Å². The van der Waals surface area contributed by atoms with Crippen molar-refractivity contribution in [2.75, 3.05) is 11.1 Å². The second-order valence-corrected chi connectivity index (χ2v) is 4.15. The van der Waals surface area contributed by atoms with Gasteiger partial charge in [-0.15, -0.1) is 10.2 Å². The number of benzene rings is 1. The van der Waals surface area contributed by atoms with Crippen LogP contribution in [0.5, 0.6) is 0 Å². The van der Waals surface area contributed by atoms with E-state index in [1.54, 1.807) is 0 Å². The Kier molecular flexibility index (Phi) is 2.88. The molecule has 90 valence electrons. The molecule has 2 aromatic rings. The van der Waals surface area contributed by atoms with E-state index in [0.29, 0.717) is 16.0 Å². The fourth-order valence-electron chi connectivity index (χ4n) is 1.15. The normalized spacial score (nSPS) is 11.5. The number of nitrogens with two attached hydrogens (primary N) is 1. The van der Waals surface area contributed by atoms with E-state index in [4.69, 9.17) is 5.73 Å². The number of rotatable bonds is 2. The quantitative estimate of drug-likeness (QED) is 0.871. The predicted octanol–water partition coefficient (Wildman–Crippen LogP) is 2.88. The summed E-state index contributed by atoms with van der Waals surface area (Å²) in [6.45, 7) is 0. The standard InChI is InChI=1S/C9H7F3N4S/c10-9(11,12)5-1-3-6(4-2-5)14-8-16-15-7(13)17-8/h1-4H,(H2,13,15)(H,14,16). The first-order valence-corrected chi connectivity index (χ1v) is 5.30. The lowest BCUT2D eigenvalue weighted by molar-refractivity contribution is -0.137. The fraction of sp³-hybridized carbons (Fsp3) is 0.111. The van der Waals surface area contributed by atoms with Crippen LogP contribution < -0.4 is 11.1 Å². The summed E-state index contributed by atoms with van der Waals surface area (Å²) in [6.07, 6.45) is -4.33. The van der Waals surface area contributed by atoms with Gasteiger partial charge in [0.2, 0.25) is 10.3 Å². The van der Waals surface area contributed by atoms with Crippen molar-refractivity contribution in [1.82, 2.24) is 10.2 Å². The number of nitrogen functional groups attached to an aromatic ring is 1. The highest BCUT2D eigenvalue weighted by atomic mass is 32.1. The summed E-state index contributed by atoms with van der Waals surface area (Å²) in [5.74, 6) is 0. The average molecular weight is 260 g/mol. The Bertz CT molecular complexity index is 506. The number of nitrogens with one attached hydrogen (secondary N) is 1. The molecule has 8 heteroatoms. The van der Waals surface area contributed by atoms with Gasteiger partial charge in [-0.05, 0) is 24.3 Å². The number of hydrogen-bond acceptors (Lipinski definition) is 5. The molecule has 0 aliphatic heterocycles. The summed E-state index contributed by atoms with van der Waals surface area (Å²) < 4.78 is 36.9. The number of hydrogen-bond donors (Lipinski definition) is 2. The second-order valence-electron chi connectivity index (χ2n) is 3.15. The van der Waals surface area contributed by atoms with Crippen LogP contribution in [0.25, 0.3) is 0 Å². The van der Waals surface area contributed by atoms with Crippen LogP contribution in [0.3, 0.4) is 0 Å². The molecule has 1 aromatic heterocycles. The summed E-state index contributed by atoms with van der Waals surface area (Å²) in [4.78, 5) is 0. The van der Waals surface area contributed by atoms with Gasteiger partial charge in [-0.3, -0.25) is 0 Å². The average Bonchev–Trinajstić information content (AvgIpc) is 2.63. The Balaban J connectivity index is 2.13. The summed E-state index contributed by atoms with van der Waals surface area (Å²) in [6, 6.07) is 4.63. The molecule has 1 heterocycles. The van der Waals surface area contributed by atoms with Crippen LogP contribution in [-0.4, -0.2) is 10.2 Å². The van der Waals surface area contributed by atoms with E-state index in [9.17, 15) is 13.2 Å². The van der Waals surface area contributed by atoms with Crippen LogP contribution in [0.2, 0.25) is 0 Å². The van der Waals surface area contributed by atoms with Gasteiger partial charge in [-0.25, -0.2) is 0 Å². The number of alkyl halides is 3. The summed E-state index contributed by atoms with van der Waals surface area (Å²) in [5, 5.41) is 10.8. The lowest BCUT2D eigenvalue weighted by Gasteiger charge is -2.07. The minimum absolute atomic E-state index is 0.291. The van der Waals surface area contributed by atoms with Crippen LogP contribution in [0.15, 0.2) is 24.3 Å². The Morgan fingerprint density at radius 2 is 1.76 bits per heavy atom. The van der Waals surface area contributed by atoms with Crippen LogP contribution in [0.4, 0.5) is 29.1 Å². The lowest BCUT2D eigenvalue weighted by atomic mass is 10.2. The molecule has 0 unspecified atom stereocenters. The number of halogens is 3. The van der Waals surface area contributed by atoms with E-state index in [1.165, 1.54) is 12.1 Å². The first kappa shape index (κ1) is 11.6. The SMILES string of the molecule is Nc1nnc(Nc2ccc(C(F)(F)F)cc2)s1. The van der Waals surface area contributed by atoms with Crippen molar-refractivity contribution in [1.29, 1.82) is 0 Å². The molecule has 0 aliphatic carbocycles. The van der Waals surface area contributed by atoms with Gasteiger partial charge in [0.05, 0.1) is 5.56 Å². The number of aromatic nitrogens is 2. The van der Waals surface area contributed by atoms with Crippen LogP contribution in [-0.2, 0) is 6.18 Å². The van der Waals surface area contributed by atoms with Gasteiger partial charge in [-0.1, -0.05) is 11.3 Å². The fourth-order valence-corrected chi connectivity index (χ4v) is 1.68. The highest BCUT2D eigenvalue weighted by Gasteiger charge is 2.29. The lowest BCUT2D eigenvalue weighted by Crippen LogP contribution is -2.04. The number of anilines is 3. The molecule has 0 amide bonds. The maximum Gasteiger partial charge on any atom is 0.416 e. The van der Waals surface area contributed by atoms with Crippen molar-refractivity contribution < 1.29 is 13.2 Å². The molecule has 0 fully saturated rings. The van der Waals surface area contributed by atoms with E-state index < -0.39 is 11.7 Å². The van der Waals surface area contributed by atoms with Crippen molar-refractivity contribution in [3.63, 3.8) is 0 Å². The molecular formula is C9H7F3N4S. The largest absolute Gasteiger partial charge is 0.416 e. The zero-order chi connectivity index (χ0) is 12.5. The summed E-state index contributed by atoms with van der Waals surface area (Å²) in [5.41, 5.74) is 5.17. The zero-order valence-electron chi connectivity index (χ0n) is 8.32. The molecule has 0 bridgehead atoms. The van der Waals surface area contributed by atoms with Crippen molar-refractivity contribution in [3.8, 4) is 0 Å². The molecule has 17 heavy (non-hydrogen) atoms. The maximum atomic E-state index is 12.3. The minimum Gasteiger partial charge on any atom is -0.374 e. The molecule has 1 aromatic carbocycles. The maximum absolute atomic E-state index is 12.3. The Hall–Kier alpha value is -1.83. The molecule has 3 N–H and O–H groups in total. The molecule has 2 rings (SSSR count). The highest BCUT2D eigenvalue weighted by molar-refractivity contribution is 7.18. The zero-order valence-corrected chi connectivity index (χ0v) is 9.14. The molecule has 0 radical (unpaired) electrons. The van der Waals surface area contributed by atoms with Gasteiger partial charge in [0, 0.05) is 5.69 Å². The molecule has 4 nitrogen and oxygen atoms in total. The first-order chi connectivity index (χ1) is 7.95. The van der Waals surface area contributed by atoms with Crippen LogP contribution in [0, 0.1) is 0 Å². The van der Waals surface area contributed by atoms with E-state index in [0.717, 1.165) is 23.5 Å². The van der Waals surface area contributed by atoms with Gasteiger partial charge in [0.1, 0.15) is 0 Å². The smallest absolute Gasteiger partial charge is 0.374 e. The third-order valence-corrected chi connectivity index (χ3v) is 2.57. The predicted molar refractivity (Wildman–Crippen MR) is 59.0 cm³/mol. The van der Waals surface area contributed by atoms with Gasteiger partial charge in [-0.2, -0.15) is 13.2 Å². The van der Waals surface area contributed by atoms with Gasteiger partial charge in [0.15, 0.2) is 0 Å². The summed E-state index contributed by atoms with van der Waals surface area (Å²) in [7, 11) is 0. The van der Waals surface area contributed by atoms with Crippen molar-refractivity contribution in [3.05, 3.63) is 29.8 Å². The summed E-state index contributed by atoms with van der Waals surface area (Å²) >= 11 is 1.11. The topological polar surface area (TPSA) is 63.8 Å². The van der Waals surface area contributed by atoms with Gasteiger partial charge < -0.3 is 11.1 Å². The number of nitrogens with zero attached hydrogens (tertiary/aromatic N) is 2. The Labute approximate surface area is 98.3 Å². The molecule has 0 aliphatic rings. The van der Waals surface area contributed by atoms with E-state index in [1.807, 2.05) is 0 Å². The second kappa shape index (κ2) is 4.21. The highest BCUT2D eigenvalue weighted by Crippen LogP contribution is 2.30. The molecule has 0 saturated carbocycles. The van der Waals surface area contributed by atoms with E-state index in [2.05, 4.69) is 15.5 Å². The molecule has 0 spiro atoms. The van der Waals surface area contributed by atoms with E-state index in [-0.39, 0.29) is 0 Å². The molecular weight excluding hydrogens is 253 g/mol. The van der Waals surface area contributed by atoms with Crippen molar-refractivity contribution in [2.24, 2.45) is 0 Å². The Morgan fingerprint density at radius 1 is 1.12 bits per heavy atom. The minimum atomic E-state index is -4.33. The third kappa shape index (κ3) is 2.84. The first-order valence-electron chi connectivity index (χ1n) is 4.48. The third-order valence-electron chi connectivity index (χ3n) is 1.90. The molecule has 0 atom stereocenters. The monoisotopic (exact) mass is 260 g/mol. The Morgan fingerprint density at radius 3 is 2.24 bits per heavy atom. The van der Waals surface area contributed by atoms with Crippen molar-refractivity contribution >= 4 is 27.3 Å². The van der Waals surface area contributed by atoms with Crippen molar-refractivity contribution in [2.45, 2.75) is 6.18 Å². The van der Waals surface area contributed by atoms with Gasteiger partial charge in [0.25, 0.3) is 0 Å².